The minimum Gasteiger partial charge on any atom is -0.487 e. The number of aliphatic carboxylic acids is 1. The Morgan fingerprint density at radius 3 is 2.64 bits per heavy atom. The number of halogens is 2. The highest BCUT2D eigenvalue weighted by molar-refractivity contribution is 5.98. The summed E-state index contributed by atoms with van der Waals surface area (Å²) in [6.45, 7) is -0.660. The van der Waals surface area contributed by atoms with Crippen LogP contribution in [0.5, 0.6) is 5.75 Å². The molecule has 5 nitrogen and oxygen atoms in total. The van der Waals surface area contributed by atoms with E-state index in [1.54, 1.807) is 42.5 Å². The van der Waals surface area contributed by atoms with E-state index in [-0.39, 0.29) is 12.0 Å². The van der Waals surface area contributed by atoms with Crippen LogP contribution in [0, 0.1) is 0 Å². The molecule has 3 aromatic rings. The average Bonchev–Trinajstić information content (AvgIpc) is 2.64. The molecule has 0 fully saturated rings. The highest BCUT2D eigenvalue weighted by atomic mass is 19.3. The SMILES string of the molecule is Cn1c(CC(=O)O)c(-c2ccc3c(c2)CC(F)(F)CO3)c2ccccc2c1=O. The van der Waals surface area contributed by atoms with E-state index in [2.05, 4.69) is 0 Å². The monoisotopic (exact) mass is 385 g/mol. The fourth-order valence-corrected chi connectivity index (χ4v) is 3.71. The van der Waals surface area contributed by atoms with Crippen LogP contribution in [-0.4, -0.2) is 28.2 Å². The van der Waals surface area contributed by atoms with E-state index in [9.17, 15) is 23.5 Å². The van der Waals surface area contributed by atoms with Crippen LogP contribution in [0.3, 0.4) is 0 Å². The zero-order valence-electron chi connectivity index (χ0n) is 15.0. The van der Waals surface area contributed by atoms with Crippen molar-refractivity contribution in [3.63, 3.8) is 0 Å². The maximum absolute atomic E-state index is 13.8. The van der Waals surface area contributed by atoms with Gasteiger partial charge in [-0.3, -0.25) is 9.59 Å². The summed E-state index contributed by atoms with van der Waals surface area (Å²) in [5.74, 6) is -3.65. The molecule has 144 valence electrons. The topological polar surface area (TPSA) is 68.5 Å². The van der Waals surface area contributed by atoms with Crippen molar-refractivity contribution in [1.82, 2.24) is 4.57 Å². The van der Waals surface area contributed by atoms with Crippen LogP contribution in [0.25, 0.3) is 21.9 Å². The quantitative estimate of drug-likeness (QED) is 0.750. The first-order valence-corrected chi connectivity index (χ1v) is 8.73. The van der Waals surface area contributed by atoms with Crippen molar-refractivity contribution >= 4 is 16.7 Å². The third-order valence-corrected chi connectivity index (χ3v) is 4.98. The van der Waals surface area contributed by atoms with E-state index in [4.69, 9.17) is 4.74 Å². The van der Waals surface area contributed by atoms with Gasteiger partial charge in [-0.1, -0.05) is 24.3 Å². The number of ether oxygens (including phenoxy) is 1. The van der Waals surface area contributed by atoms with Gasteiger partial charge in [0.15, 0.2) is 6.61 Å². The molecule has 7 heteroatoms. The average molecular weight is 385 g/mol. The van der Waals surface area contributed by atoms with E-state index in [1.165, 1.54) is 11.6 Å². The zero-order valence-corrected chi connectivity index (χ0v) is 15.0. The van der Waals surface area contributed by atoms with Crippen molar-refractivity contribution in [3.05, 3.63) is 64.1 Å². The first-order valence-electron chi connectivity index (χ1n) is 8.73. The Hall–Kier alpha value is -3.22. The van der Waals surface area contributed by atoms with Gasteiger partial charge >= 0.3 is 5.97 Å². The first-order chi connectivity index (χ1) is 13.3. The van der Waals surface area contributed by atoms with Crippen LogP contribution in [0.15, 0.2) is 47.3 Å². The van der Waals surface area contributed by atoms with E-state index in [0.717, 1.165) is 0 Å². The van der Waals surface area contributed by atoms with Gasteiger partial charge in [-0.05, 0) is 29.1 Å². The Morgan fingerprint density at radius 1 is 1.21 bits per heavy atom. The number of hydrogen-bond acceptors (Lipinski definition) is 3. The van der Waals surface area contributed by atoms with Gasteiger partial charge in [-0.25, -0.2) is 8.78 Å². The summed E-state index contributed by atoms with van der Waals surface area (Å²) in [6, 6.07) is 11.8. The van der Waals surface area contributed by atoms with Crippen molar-refractivity contribution in [2.24, 2.45) is 7.05 Å². The molecular weight excluding hydrogens is 368 g/mol. The summed E-state index contributed by atoms with van der Waals surface area (Å²) in [5, 5.41) is 10.4. The number of hydrogen-bond donors (Lipinski definition) is 1. The third-order valence-electron chi connectivity index (χ3n) is 4.98. The maximum Gasteiger partial charge on any atom is 0.309 e. The van der Waals surface area contributed by atoms with Gasteiger partial charge in [0.1, 0.15) is 5.75 Å². The Balaban J connectivity index is 2.02. The molecule has 1 aliphatic heterocycles. The first kappa shape index (κ1) is 18.2. The molecule has 0 radical (unpaired) electrons. The van der Waals surface area contributed by atoms with E-state index in [0.29, 0.717) is 38.9 Å². The number of fused-ring (bicyclic) bond motifs is 2. The number of nitrogens with zero attached hydrogens (tertiary/aromatic N) is 1. The predicted molar refractivity (Wildman–Crippen MR) is 100 cm³/mol. The fourth-order valence-electron chi connectivity index (χ4n) is 3.71. The molecule has 1 aromatic heterocycles. The minimum absolute atomic E-state index is 0.302. The molecular formula is C21H17F2NO4. The molecule has 0 unspecified atom stereocenters. The number of aromatic nitrogens is 1. The number of alkyl halides is 2. The molecule has 0 bridgehead atoms. The molecule has 0 aliphatic carbocycles. The molecule has 0 amide bonds. The third kappa shape index (κ3) is 3.02. The number of rotatable bonds is 3. The lowest BCUT2D eigenvalue weighted by atomic mass is 9.92. The fraction of sp³-hybridized carbons (Fsp3) is 0.238. The van der Waals surface area contributed by atoms with Crippen LogP contribution >= 0.6 is 0 Å². The van der Waals surface area contributed by atoms with E-state index in [1.807, 2.05) is 0 Å². The zero-order chi connectivity index (χ0) is 20.1. The number of carbonyl (C=O) groups is 1. The van der Waals surface area contributed by atoms with Gasteiger partial charge in [0.05, 0.1) is 6.42 Å². The molecule has 0 atom stereocenters. The van der Waals surface area contributed by atoms with Crippen LogP contribution in [0.1, 0.15) is 11.3 Å². The smallest absolute Gasteiger partial charge is 0.309 e. The molecule has 1 aliphatic rings. The highest BCUT2D eigenvalue weighted by Gasteiger charge is 2.36. The van der Waals surface area contributed by atoms with Gasteiger partial charge in [0, 0.05) is 35.7 Å². The second-order valence-electron chi connectivity index (χ2n) is 6.95. The van der Waals surface area contributed by atoms with Crippen molar-refractivity contribution in [2.75, 3.05) is 6.61 Å². The van der Waals surface area contributed by atoms with Crippen molar-refractivity contribution in [2.45, 2.75) is 18.8 Å². The van der Waals surface area contributed by atoms with Crippen LogP contribution in [-0.2, 0) is 24.7 Å². The lowest BCUT2D eigenvalue weighted by molar-refractivity contribution is -0.136. The second-order valence-corrected chi connectivity index (χ2v) is 6.95. The van der Waals surface area contributed by atoms with Crippen molar-refractivity contribution < 1.29 is 23.4 Å². The molecule has 2 heterocycles. The molecule has 2 aromatic carbocycles. The Kier molecular flexibility index (Phi) is 4.18. The lowest BCUT2D eigenvalue weighted by Gasteiger charge is -2.26. The number of carboxylic acid groups (broad SMARTS) is 1. The van der Waals surface area contributed by atoms with Crippen LogP contribution in [0.4, 0.5) is 8.78 Å². The molecule has 0 spiro atoms. The minimum atomic E-state index is -2.96. The lowest BCUT2D eigenvalue weighted by Crippen LogP contribution is -2.32. The van der Waals surface area contributed by atoms with Gasteiger partial charge in [-0.2, -0.15) is 0 Å². The Morgan fingerprint density at radius 2 is 1.93 bits per heavy atom. The Bertz CT molecular complexity index is 1170. The maximum atomic E-state index is 13.8. The van der Waals surface area contributed by atoms with Gasteiger partial charge in [-0.15, -0.1) is 0 Å². The van der Waals surface area contributed by atoms with Crippen LogP contribution < -0.4 is 10.3 Å². The van der Waals surface area contributed by atoms with Gasteiger partial charge in [0.25, 0.3) is 11.5 Å². The largest absolute Gasteiger partial charge is 0.487 e. The normalized spacial score (nSPS) is 15.1. The summed E-state index contributed by atoms with van der Waals surface area (Å²) in [4.78, 5) is 24.1. The molecule has 0 saturated heterocycles. The summed E-state index contributed by atoms with van der Waals surface area (Å²) in [5.41, 5.74) is 1.50. The number of benzene rings is 2. The number of carboxylic acids is 1. The molecule has 0 saturated carbocycles. The van der Waals surface area contributed by atoms with Gasteiger partial charge < -0.3 is 14.4 Å². The second kappa shape index (κ2) is 6.44. The standard InChI is InChI=1S/C21H17F2NO4/c1-24-16(9-18(25)26)19(14-4-2-3-5-15(14)20(24)27)12-6-7-17-13(8-12)10-21(22,23)11-28-17/h2-8H,9-11H2,1H3,(H,25,26). The van der Waals surface area contributed by atoms with Crippen molar-refractivity contribution in [1.29, 1.82) is 0 Å². The summed E-state index contributed by atoms with van der Waals surface area (Å²) < 4.78 is 34.1. The predicted octanol–water partition coefficient (Wildman–Crippen LogP) is 3.40. The highest BCUT2D eigenvalue weighted by Crippen LogP contribution is 2.38. The molecule has 1 N–H and O–H groups in total. The Labute approximate surface area is 158 Å². The van der Waals surface area contributed by atoms with Crippen LogP contribution in [0.2, 0.25) is 0 Å². The van der Waals surface area contributed by atoms with E-state index < -0.39 is 24.9 Å². The molecule has 28 heavy (non-hydrogen) atoms. The number of pyridine rings is 1. The van der Waals surface area contributed by atoms with Crippen molar-refractivity contribution in [3.8, 4) is 16.9 Å². The molecule has 4 rings (SSSR count). The van der Waals surface area contributed by atoms with Gasteiger partial charge in [0.2, 0.25) is 0 Å². The summed E-state index contributed by atoms with van der Waals surface area (Å²) in [6.07, 6.45) is -0.816. The summed E-state index contributed by atoms with van der Waals surface area (Å²) >= 11 is 0. The summed E-state index contributed by atoms with van der Waals surface area (Å²) in [7, 11) is 1.52. The van der Waals surface area contributed by atoms with E-state index >= 15 is 0 Å².